The van der Waals surface area contributed by atoms with Crippen molar-refractivity contribution in [2.24, 2.45) is 5.92 Å². The number of alkyl halides is 1. The van der Waals surface area contributed by atoms with Crippen molar-refractivity contribution in [2.45, 2.75) is 23.7 Å². The monoisotopic (exact) mass is 175 g/mol. The molecule has 2 fully saturated rings. The summed E-state index contributed by atoms with van der Waals surface area (Å²) in [7, 11) is 0. The summed E-state index contributed by atoms with van der Waals surface area (Å²) in [5, 5.41) is 3.46. The number of piperidine rings is 1. The van der Waals surface area contributed by atoms with E-state index in [0.29, 0.717) is 0 Å². The Morgan fingerprint density at radius 3 is 2.38 bits per heavy atom. The van der Waals surface area contributed by atoms with Crippen LogP contribution >= 0.6 is 15.9 Å². The molecule has 2 aliphatic rings. The fourth-order valence-corrected chi connectivity index (χ4v) is 2.68. The zero-order valence-corrected chi connectivity index (χ0v) is 6.32. The highest BCUT2D eigenvalue weighted by molar-refractivity contribution is 9.09. The SMILES string of the molecule is Br[C@H]1[C@H]2CC[C@@H]1NC2. The van der Waals surface area contributed by atoms with Crippen LogP contribution in [0.15, 0.2) is 0 Å². The Balaban J connectivity index is 2.16. The number of nitrogens with one attached hydrogen (secondary N) is 1. The Kier molecular flexibility index (Phi) is 1.12. The maximum absolute atomic E-state index is 3.67. The van der Waals surface area contributed by atoms with E-state index < -0.39 is 0 Å². The van der Waals surface area contributed by atoms with Crippen LogP contribution in [0.4, 0.5) is 0 Å². The van der Waals surface area contributed by atoms with Gasteiger partial charge in [0.05, 0.1) is 0 Å². The molecular formula is C6H10BrN. The molecule has 0 aromatic carbocycles. The average Bonchev–Trinajstić information content (AvgIpc) is 2.29. The number of halogens is 1. The topological polar surface area (TPSA) is 12.0 Å². The molecule has 2 rings (SSSR count). The lowest BCUT2D eigenvalue weighted by molar-refractivity contribution is 0.504. The van der Waals surface area contributed by atoms with E-state index in [-0.39, 0.29) is 0 Å². The van der Waals surface area contributed by atoms with Crippen LogP contribution in [0.25, 0.3) is 0 Å². The predicted molar refractivity (Wildman–Crippen MR) is 37.2 cm³/mol. The number of rotatable bonds is 0. The molecule has 0 aromatic rings. The van der Waals surface area contributed by atoms with Crippen molar-refractivity contribution < 1.29 is 0 Å². The molecule has 1 aliphatic carbocycles. The van der Waals surface area contributed by atoms with Crippen LogP contribution in [0.2, 0.25) is 0 Å². The van der Waals surface area contributed by atoms with Gasteiger partial charge in [-0.1, -0.05) is 15.9 Å². The lowest BCUT2D eigenvalue weighted by Crippen LogP contribution is -2.25. The van der Waals surface area contributed by atoms with E-state index in [9.17, 15) is 0 Å². The average molecular weight is 176 g/mol. The summed E-state index contributed by atoms with van der Waals surface area (Å²) in [6.07, 6.45) is 2.83. The molecule has 2 bridgehead atoms. The first kappa shape index (κ1) is 5.24. The van der Waals surface area contributed by atoms with Gasteiger partial charge in [0.1, 0.15) is 0 Å². The summed E-state index contributed by atoms with van der Waals surface area (Å²) >= 11 is 3.67. The fourth-order valence-electron chi connectivity index (χ4n) is 1.77. The van der Waals surface area contributed by atoms with Gasteiger partial charge in [0.15, 0.2) is 0 Å². The van der Waals surface area contributed by atoms with Gasteiger partial charge in [-0.25, -0.2) is 0 Å². The molecule has 46 valence electrons. The number of hydrogen-bond donors (Lipinski definition) is 1. The molecule has 0 spiro atoms. The van der Waals surface area contributed by atoms with Crippen LogP contribution in [0.3, 0.4) is 0 Å². The minimum absolute atomic E-state index is 0.794. The van der Waals surface area contributed by atoms with Crippen molar-refractivity contribution in [1.29, 1.82) is 0 Å². The second-order valence-electron chi connectivity index (χ2n) is 2.80. The van der Waals surface area contributed by atoms with Crippen LogP contribution < -0.4 is 5.32 Å². The minimum Gasteiger partial charge on any atom is -0.313 e. The Morgan fingerprint density at radius 2 is 2.25 bits per heavy atom. The molecule has 1 aliphatic heterocycles. The van der Waals surface area contributed by atoms with Crippen LogP contribution in [-0.2, 0) is 0 Å². The maximum Gasteiger partial charge on any atom is 0.0339 e. The highest BCUT2D eigenvalue weighted by atomic mass is 79.9. The van der Waals surface area contributed by atoms with Gasteiger partial charge in [-0.3, -0.25) is 0 Å². The largest absolute Gasteiger partial charge is 0.313 e. The molecule has 1 saturated heterocycles. The Bertz CT molecular complexity index is 84.7. The first-order valence-corrected chi connectivity index (χ1v) is 4.17. The summed E-state index contributed by atoms with van der Waals surface area (Å²) in [6.45, 7) is 1.25. The summed E-state index contributed by atoms with van der Waals surface area (Å²) in [4.78, 5) is 0.794. The van der Waals surface area contributed by atoms with Crippen LogP contribution in [0, 0.1) is 5.92 Å². The molecule has 1 saturated carbocycles. The second-order valence-corrected chi connectivity index (χ2v) is 3.85. The summed E-state index contributed by atoms with van der Waals surface area (Å²) < 4.78 is 0. The van der Waals surface area contributed by atoms with Crippen molar-refractivity contribution >= 4 is 15.9 Å². The molecule has 1 nitrogen and oxygen atoms in total. The molecule has 8 heavy (non-hydrogen) atoms. The molecule has 0 amide bonds. The van der Waals surface area contributed by atoms with Gasteiger partial charge < -0.3 is 5.32 Å². The van der Waals surface area contributed by atoms with E-state index in [0.717, 1.165) is 16.8 Å². The zero-order valence-electron chi connectivity index (χ0n) is 4.73. The predicted octanol–water partition coefficient (Wildman–Crippen LogP) is 1.13. The highest BCUT2D eigenvalue weighted by Gasteiger charge is 2.39. The third-order valence-electron chi connectivity index (χ3n) is 2.33. The van der Waals surface area contributed by atoms with Crippen molar-refractivity contribution in [3.63, 3.8) is 0 Å². The van der Waals surface area contributed by atoms with E-state index in [1.807, 2.05) is 0 Å². The quantitative estimate of drug-likeness (QED) is 0.545. The molecule has 2 heteroatoms. The van der Waals surface area contributed by atoms with Gasteiger partial charge in [-0.15, -0.1) is 0 Å². The minimum atomic E-state index is 0.794. The summed E-state index contributed by atoms with van der Waals surface area (Å²) in [5.41, 5.74) is 0. The normalized spacial score (nSPS) is 52.9. The van der Waals surface area contributed by atoms with Crippen molar-refractivity contribution in [1.82, 2.24) is 5.32 Å². The van der Waals surface area contributed by atoms with E-state index >= 15 is 0 Å². The summed E-state index contributed by atoms with van der Waals surface area (Å²) in [6, 6.07) is 0.806. The molecule has 0 aromatic heterocycles. The van der Waals surface area contributed by atoms with Crippen LogP contribution in [-0.4, -0.2) is 17.4 Å². The molecule has 1 heterocycles. The Labute approximate surface area is 58.0 Å². The molecule has 3 atom stereocenters. The van der Waals surface area contributed by atoms with Crippen molar-refractivity contribution in [3.05, 3.63) is 0 Å². The zero-order chi connectivity index (χ0) is 5.56. The van der Waals surface area contributed by atoms with Gasteiger partial charge in [0.2, 0.25) is 0 Å². The van der Waals surface area contributed by atoms with E-state index in [4.69, 9.17) is 0 Å². The first-order chi connectivity index (χ1) is 3.88. The maximum atomic E-state index is 3.67. The smallest absolute Gasteiger partial charge is 0.0339 e. The van der Waals surface area contributed by atoms with Crippen LogP contribution in [0.1, 0.15) is 12.8 Å². The highest BCUT2D eigenvalue weighted by Crippen LogP contribution is 2.36. The van der Waals surface area contributed by atoms with Gasteiger partial charge in [0, 0.05) is 10.9 Å². The number of fused-ring (bicyclic) bond motifs is 2. The van der Waals surface area contributed by atoms with Gasteiger partial charge in [0.25, 0.3) is 0 Å². The van der Waals surface area contributed by atoms with Crippen LogP contribution in [0.5, 0.6) is 0 Å². The summed E-state index contributed by atoms with van der Waals surface area (Å²) in [5.74, 6) is 0.944. The van der Waals surface area contributed by atoms with Gasteiger partial charge in [-0.05, 0) is 25.3 Å². The molecule has 0 unspecified atom stereocenters. The number of hydrogen-bond acceptors (Lipinski definition) is 1. The fraction of sp³-hybridized carbons (Fsp3) is 1.00. The first-order valence-electron chi connectivity index (χ1n) is 3.25. The lowest BCUT2D eigenvalue weighted by atomic mass is 10.1. The Hall–Kier alpha value is 0.440. The second kappa shape index (κ2) is 1.71. The molecule has 1 N–H and O–H groups in total. The van der Waals surface area contributed by atoms with Gasteiger partial charge >= 0.3 is 0 Å². The third kappa shape index (κ3) is 0.560. The lowest BCUT2D eigenvalue weighted by Gasteiger charge is -2.07. The van der Waals surface area contributed by atoms with E-state index in [2.05, 4.69) is 21.2 Å². The van der Waals surface area contributed by atoms with E-state index in [1.54, 1.807) is 0 Å². The molecule has 0 radical (unpaired) electrons. The van der Waals surface area contributed by atoms with Crippen molar-refractivity contribution in [3.8, 4) is 0 Å². The van der Waals surface area contributed by atoms with Gasteiger partial charge in [-0.2, -0.15) is 0 Å². The molecular weight excluding hydrogens is 166 g/mol. The standard InChI is InChI=1S/C6H10BrN/c7-6-4-1-2-5(6)8-3-4/h4-6,8H,1-3H2/t4-,5-,6-/m0/s1. The van der Waals surface area contributed by atoms with Crippen molar-refractivity contribution in [2.75, 3.05) is 6.54 Å². The Morgan fingerprint density at radius 1 is 1.38 bits per heavy atom. The third-order valence-corrected chi connectivity index (χ3v) is 3.71. The van der Waals surface area contributed by atoms with E-state index in [1.165, 1.54) is 19.4 Å².